The Labute approximate surface area is 246 Å². The highest BCUT2D eigenvalue weighted by Crippen LogP contribution is 2.49. The fourth-order valence-corrected chi connectivity index (χ4v) is 6.91. The Balaban J connectivity index is 0.00000181. The quantitative estimate of drug-likeness (QED) is 0.357. The van der Waals surface area contributed by atoms with Gasteiger partial charge in [-0.1, -0.05) is 37.7 Å². The van der Waals surface area contributed by atoms with Crippen LogP contribution in [0.1, 0.15) is 49.4 Å². The van der Waals surface area contributed by atoms with Crippen molar-refractivity contribution < 1.29 is 4.21 Å². The fraction of sp³-hybridized carbons (Fsp3) is 0.464. The summed E-state index contributed by atoms with van der Waals surface area (Å²) in [5, 5.41) is 7.11. The number of nitrogens with zero attached hydrogens (tertiary/aromatic N) is 6. The van der Waals surface area contributed by atoms with Gasteiger partial charge in [0, 0.05) is 56.5 Å². The SMILES string of the molecule is CC.[B]N(C)CC(C)N(C)c1nc(C)cc(Nc2cc3c(cn2)SC(c2cccc4c2CCCN4S(C)=O)N3)n1. The van der Waals surface area contributed by atoms with Crippen molar-refractivity contribution in [1.82, 2.24) is 19.8 Å². The summed E-state index contributed by atoms with van der Waals surface area (Å²) in [6.07, 6.45) is 5.64. The number of fused-ring (bicyclic) bond motifs is 2. The average molecular weight is 579 g/mol. The molecule has 2 N–H and O–H groups in total. The summed E-state index contributed by atoms with van der Waals surface area (Å²) < 4.78 is 14.3. The van der Waals surface area contributed by atoms with Crippen molar-refractivity contribution in [2.45, 2.75) is 56.8 Å². The molecule has 4 heterocycles. The molecule has 2 aromatic heterocycles. The lowest BCUT2D eigenvalue weighted by molar-refractivity contribution is 0.480. The molecule has 3 aromatic rings. The van der Waals surface area contributed by atoms with Crippen LogP contribution in [0.5, 0.6) is 0 Å². The molecule has 0 bridgehead atoms. The summed E-state index contributed by atoms with van der Waals surface area (Å²) >= 11 is 1.76. The summed E-state index contributed by atoms with van der Waals surface area (Å²) in [6.45, 7) is 9.56. The number of thioether (sulfide) groups is 1. The Kier molecular flexibility index (Phi) is 9.97. The van der Waals surface area contributed by atoms with E-state index in [4.69, 9.17) is 13.0 Å². The molecule has 40 heavy (non-hydrogen) atoms. The molecule has 0 aliphatic carbocycles. The maximum absolute atomic E-state index is 12.3. The first-order valence-corrected chi connectivity index (χ1v) is 16.1. The Hall–Kier alpha value is -2.83. The second-order valence-corrected chi connectivity index (χ2v) is 12.3. The summed E-state index contributed by atoms with van der Waals surface area (Å²) in [7, 11) is 8.63. The Morgan fingerprint density at radius 3 is 2.75 bits per heavy atom. The zero-order valence-electron chi connectivity index (χ0n) is 24.4. The molecule has 2 aliphatic rings. The number of anilines is 5. The topological polar surface area (TPSA) is 89.5 Å². The lowest BCUT2D eigenvalue weighted by atomic mass is 9.97. The van der Waals surface area contributed by atoms with E-state index in [0.717, 1.165) is 41.4 Å². The molecule has 1 aromatic carbocycles. The van der Waals surface area contributed by atoms with Gasteiger partial charge in [0.2, 0.25) is 5.95 Å². The van der Waals surface area contributed by atoms with Gasteiger partial charge in [-0.05, 0) is 50.9 Å². The van der Waals surface area contributed by atoms with E-state index in [2.05, 4.69) is 45.7 Å². The van der Waals surface area contributed by atoms with Crippen LogP contribution >= 0.6 is 11.8 Å². The summed E-state index contributed by atoms with van der Waals surface area (Å²) in [6, 6.07) is 10.4. The smallest absolute Gasteiger partial charge is 0.227 e. The summed E-state index contributed by atoms with van der Waals surface area (Å²) in [5.74, 6) is 2.03. The van der Waals surface area contributed by atoms with Crippen LogP contribution in [0, 0.1) is 6.92 Å². The minimum atomic E-state index is -1.03. The maximum atomic E-state index is 12.3. The monoisotopic (exact) mass is 578 g/mol. The number of likely N-dealkylation sites (N-methyl/N-ethyl adjacent to an activating group) is 2. The van der Waals surface area contributed by atoms with Crippen LogP contribution in [0.25, 0.3) is 0 Å². The van der Waals surface area contributed by atoms with Crippen LogP contribution in [0.2, 0.25) is 0 Å². The molecular weight excluding hydrogens is 539 g/mol. The third kappa shape index (κ3) is 6.72. The zero-order chi connectivity index (χ0) is 29.0. The number of benzene rings is 1. The first-order valence-electron chi connectivity index (χ1n) is 13.7. The molecule has 3 unspecified atom stereocenters. The molecule has 9 nitrogen and oxygen atoms in total. The van der Waals surface area contributed by atoms with E-state index in [9.17, 15) is 4.21 Å². The van der Waals surface area contributed by atoms with Crippen molar-refractivity contribution in [2.75, 3.05) is 53.3 Å². The lowest BCUT2D eigenvalue weighted by Crippen LogP contribution is -2.39. The Morgan fingerprint density at radius 1 is 1.25 bits per heavy atom. The molecule has 0 saturated carbocycles. The van der Waals surface area contributed by atoms with E-state index in [0.29, 0.717) is 24.1 Å². The van der Waals surface area contributed by atoms with Crippen LogP contribution in [0.15, 0.2) is 41.4 Å². The standard InChI is InChI=1S/C26H33BN8OS2.C2H6/c1-16-12-24(32-26(29-16)34(4)17(2)15-33(3)27)31-23-13-20-22(14-28-23)37-25(30-20)19-8-6-10-21-18(19)9-7-11-35(21)38(5)36;1-2/h6,8,10,12-14,17,25,30H,7,9,11,15H2,1-5H3,(H,28,29,31,32);1-2H3. The van der Waals surface area contributed by atoms with E-state index in [-0.39, 0.29) is 11.4 Å². The first-order chi connectivity index (χ1) is 19.2. The van der Waals surface area contributed by atoms with Crippen LogP contribution < -0.4 is 19.8 Å². The van der Waals surface area contributed by atoms with Crippen LogP contribution in [-0.4, -0.2) is 71.4 Å². The van der Waals surface area contributed by atoms with Crippen molar-refractivity contribution >= 4 is 59.7 Å². The summed E-state index contributed by atoms with van der Waals surface area (Å²) in [5.41, 5.74) is 5.50. The number of hydrogen-bond donors (Lipinski definition) is 2. The van der Waals surface area contributed by atoms with Crippen molar-refractivity contribution in [1.29, 1.82) is 0 Å². The average Bonchev–Trinajstić information content (AvgIpc) is 3.35. The number of hydrogen-bond acceptors (Lipinski definition) is 9. The Morgan fingerprint density at radius 2 is 2.02 bits per heavy atom. The van der Waals surface area contributed by atoms with E-state index in [1.54, 1.807) is 22.8 Å². The van der Waals surface area contributed by atoms with E-state index in [1.807, 2.05) is 62.4 Å². The van der Waals surface area contributed by atoms with Gasteiger partial charge >= 0.3 is 0 Å². The summed E-state index contributed by atoms with van der Waals surface area (Å²) in [4.78, 5) is 18.8. The van der Waals surface area contributed by atoms with Gasteiger partial charge in [-0.25, -0.2) is 14.2 Å². The maximum Gasteiger partial charge on any atom is 0.227 e. The van der Waals surface area contributed by atoms with Gasteiger partial charge in [0.1, 0.15) is 28.0 Å². The molecule has 2 aliphatic heterocycles. The minimum absolute atomic E-state index is 0.0750. The van der Waals surface area contributed by atoms with Gasteiger partial charge in [0.05, 0.1) is 16.3 Å². The van der Waals surface area contributed by atoms with Crippen molar-refractivity contribution in [2.24, 2.45) is 0 Å². The van der Waals surface area contributed by atoms with Gasteiger partial charge in [-0.2, -0.15) is 4.98 Å². The molecular formula is C28H39BN8OS2. The molecule has 0 fully saturated rings. The highest BCUT2D eigenvalue weighted by molar-refractivity contribution is 8.00. The van der Waals surface area contributed by atoms with Crippen LogP contribution in [-0.2, 0) is 17.4 Å². The van der Waals surface area contributed by atoms with E-state index >= 15 is 0 Å². The van der Waals surface area contributed by atoms with E-state index < -0.39 is 11.0 Å². The molecule has 0 saturated heterocycles. The third-order valence-corrected chi connectivity index (χ3v) is 9.05. The molecule has 5 rings (SSSR count). The molecule has 2 radical (unpaired) electrons. The first kappa shape index (κ1) is 30.1. The molecule has 212 valence electrons. The van der Waals surface area contributed by atoms with Crippen molar-refractivity contribution in [3.05, 3.63) is 53.3 Å². The van der Waals surface area contributed by atoms with Crippen LogP contribution in [0.4, 0.5) is 29.0 Å². The highest BCUT2D eigenvalue weighted by Gasteiger charge is 2.29. The number of rotatable bonds is 8. The minimum Gasteiger partial charge on any atom is -0.368 e. The second kappa shape index (κ2) is 13.2. The largest absolute Gasteiger partial charge is 0.368 e. The van der Waals surface area contributed by atoms with Crippen molar-refractivity contribution in [3.8, 4) is 0 Å². The molecule has 0 spiro atoms. The number of pyridine rings is 1. The number of aromatic nitrogens is 3. The lowest BCUT2D eigenvalue weighted by Gasteiger charge is -2.31. The predicted molar refractivity (Wildman–Crippen MR) is 170 cm³/mol. The van der Waals surface area contributed by atoms with E-state index in [1.165, 1.54) is 11.1 Å². The van der Waals surface area contributed by atoms with Crippen molar-refractivity contribution in [3.63, 3.8) is 0 Å². The number of aryl methyl sites for hydroxylation is 1. The van der Waals surface area contributed by atoms with Crippen LogP contribution in [0.3, 0.4) is 0 Å². The zero-order valence-corrected chi connectivity index (χ0v) is 26.1. The fourth-order valence-electron chi connectivity index (χ4n) is 4.93. The van der Waals surface area contributed by atoms with Gasteiger partial charge < -0.3 is 20.3 Å². The highest BCUT2D eigenvalue weighted by atomic mass is 32.2. The normalized spacial score (nSPS) is 17.2. The van der Waals surface area contributed by atoms with Gasteiger partial charge in [0.25, 0.3) is 0 Å². The Bertz CT molecular complexity index is 1360. The molecule has 3 atom stereocenters. The van der Waals surface area contributed by atoms with Gasteiger partial charge in [-0.15, -0.1) is 0 Å². The molecule has 12 heteroatoms. The third-order valence-electron chi connectivity index (χ3n) is 6.86. The molecule has 0 amide bonds. The van der Waals surface area contributed by atoms with Gasteiger partial charge in [-0.3, -0.25) is 4.31 Å². The van der Waals surface area contributed by atoms with Gasteiger partial charge in [0.15, 0.2) is 7.98 Å². The number of nitrogens with one attached hydrogen (secondary N) is 2. The predicted octanol–water partition coefficient (Wildman–Crippen LogP) is 5.05. The second-order valence-electron chi connectivity index (χ2n) is 9.90.